The molecule has 3 aromatic rings. The zero-order valence-corrected chi connectivity index (χ0v) is 17.6. The number of carbonyl (C=O) groups excluding carboxylic acids is 1. The quantitative estimate of drug-likeness (QED) is 0.593. The number of nitrogens with zero attached hydrogens (tertiary/aromatic N) is 3. The molecule has 0 aliphatic carbocycles. The zero-order valence-electron chi connectivity index (χ0n) is 16.8. The molecule has 0 bridgehead atoms. The van der Waals surface area contributed by atoms with Crippen LogP contribution in [0.4, 0.5) is 5.69 Å². The number of thioether (sulfide) groups is 1. The van der Waals surface area contributed by atoms with Crippen LogP contribution in [0, 0.1) is 6.92 Å². The summed E-state index contributed by atoms with van der Waals surface area (Å²) in [7, 11) is 1.93. The standard InChI is InChI=1S/C22H26N4OS/c1-5-16-10-8-11-17(6-2)20(16)23-19(27)14-28-22-25-24-21(26(22)4)18-12-7-9-15(3)13-18/h7-13H,5-6,14H2,1-4H3,(H,23,27). The molecular formula is C22H26N4OS. The van der Waals surface area contributed by atoms with Crippen LogP contribution in [0.2, 0.25) is 0 Å². The van der Waals surface area contributed by atoms with Crippen LogP contribution in [0.5, 0.6) is 0 Å². The lowest BCUT2D eigenvalue weighted by atomic mass is 10.0. The minimum atomic E-state index is -0.0271. The summed E-state index contributed by atoms with van der Waals surface area (Å²) in [6, 6.07) is 14.4. The lowest BCUT2D eigenvalue weighted by Crippen LogP contribution is -2.17. The van der Waals surface area contributed by atoms with E-state index >= 15 is 0 Å². The zero-order chi connectivity index (χ0) is 20.1. The fraction of sp³-hybridized carbons (Fsp3) is 0.318. The number of anilines is 1. The summed E-state index contributed by atoms with van der Waals surface area (Å²) in [5.41, 5.74) is 5.49. The van der Waals surface area contributed by atoms with Gasteiger partial charge in [0, 0.05) is 18.3 Å². The molecule has 0 spiro atoms. The third kappa shape index (κ3) is 4.44. The van der Waals surface area contributed by atoms with Crippen molar-refractivity contribution in [2.75, 3.05) is 11.1 Å². The second-order valence-electron chi connectivity index (χ2n) is 6.73. The maximum absolute atomic E-state index is 12.6. The normalized spacial score (nSPS) is 10.9. The molecule has 1 aromatic heterocycles. The van der Waals surface area contributed by atoms with Gasteiger partial charge in [-0.1, -0.05) is 67.6 Å². The molecule has 5 nitrogen and oxygen atoms in total. The smallest absolute Gasteiger partial charge is 0.234 e. The average molecular weight is 395 g/mol. The van der Waals surface area contributed by atoms with Crippen LogP contribution in [0.15, 0.2) is 47.6 Å². The van der Waals surface area contributed by atoms with Crippen molar-refractivity contribution in [3.63, 3.8) is 0 Å². The van der Waals surface area contributed by atoms with E-state index < -0.39 is 0 Å². The summed E-state index contributed by atoms with van der Waals surface area (Å²) in [6.07, 6.45) is 1.78. The number of aromatic nitrogens is 3. The molecule has 0 saturated heterocycles. The van der Waals surface area contributed by atoms with Crippen molar-refractivity contribution < 1.29 is 4.79 Å². The lowest BCUT2D eigenvalue weighted by molar-refractivity contribution is -0.113. The van der Waals surface area contributed by atoms with Crippen LogP contribution in [-0.2, 0) is 24.7 Å². The number of benzene rings is 2. The van der Waals surface area contributed by atoms with Crippen LogP contribution in [0.3, 0.4) is 0 Å². The number of rotatable bonds is 7. The molecular weight excluding hydrogens is 368 g/mol. The lowest BCUT2D eigenvalue weighted by Gasteiger charge is -2.14. The van der Waals surface area contributed by atoms with Crippen LogP contribution >= 0.6 is 11.8 Å². The third-order valence-electron chi connectivity index (χ3n) is 4.71. The molecule has 0 atom stereocenters. The number of amides is 1. The molecule has 0 radical (unpaired) electrons. The molecule has 0 fully saturated rings. The molecule has 0 unspecified atom stereocenters. The maximum atomic E-state index is 12.6. The first-order valence-electron chi connectivity index (χ1n) is 9.53. The van der Waals surface area contributed by atoms with Gasteiger partial charge in [0.15, 0.2) is 11.0 Å². The molecule has 28 heavy (non-hydrogen) atoms. The van der Waals surface area contributed by atoms with E-state index in [4.69, 9.17) is 0 Å². The van der Waals surface area contributed by atoms with E-state index in [1.54, 1.807) is 0 Å². The Labute approximate surface area is 170 Å². The highest BCUT2D eigenvalue weighted by Gasteiger charge is 2.14. The van der Waals surface area contributed by atoms with Crippen molar-refractivity contribution in [3.8, 4) is 11.4 Å². The Morgan fingerprint density at radius 3 is 2.39 bits per heavy atom. The van der Waals surface area contributed by atoms with Gasteiger partial charge >= 0.3 is 0 Å². The Bertz CT molecular complexity index is 958. The third-order valence-corrected chi connectivity index (χ3v) is 5.73. The first-order chi connectivity index (χ1) is 13.5. The summed E-state index contributed by atoms with van der Waals surface area (Å²) in [4.78, 5) is 12.6. The molecule has 0 saturated carbocycles. The van der Waals surface area contributed by atoms with Gasteiger partial charge in [0.05, 0.1) is 5.75 Å². The highest BCUT2D eigenvalue weighted by Crippen LogP contribution is 2.25. The first kappa shape index (κ1) is 20.1. The van der Waals surface area contributed by atoms with Gasteiger partial charge in [0.2, 0.25) is 5.91 Å². The summed E-state index contributed by atoms with van der Waals surface area (Å²) < 4.78 is 1.93. The largest absolute Gasteiger partial charge is 0.325 e. The number of hydrogen-bond donors (Lipinski definition) is 1. The fourth-order valence-electron chi connectivity index (χ4n) is 3.18. The Morgan fingerprint density at radius 1 is 1.07 bits per heavy atom. The molecule has 1 N–H and O–H groups in total. The van der Waals surface area contributed by atoms with Gasteiger partial charge in [0.25, 0.3) is 0 Å². The van der Waals surface area contributed by atoms with E-state index in [1.807, 2.05) is 23.7 Å². The molecule has 3 rings (SSSR count). The highest BCUT2D eigenvalue weighted by atomic mass is 32.2. The topological polar surface area (TPSA) is 59.8 Å². The molecule has 0 aliphatic rings. The van der Waals surface area contributed by atoms with Gasteiger partial charge < -0.3 is 9.88 Å². The Kier molecular flexibility index (Phi) is 6.52. The van der Waals surface area contributed by atoms with Crippen LogP contribution < -0.4 is 5.32 Å². The molecule has 0 aliphatic heterocycles. The minimum Gasteiger partial charge on any atom is -0.325 e. The number of carbonyl (C=O) groups is 1. The highest BCUT2D eigenvalue weighted by molar-refractivity contribution is 7.99. The van der Waals surface area contributed by atoms with Crippen molar-refractivity contribution in [1.29, 1.82) is 0 Å². The molecule has 6 heteroatoms. The Balaban J connectivity index is 1.69. The molecule has 1 heterocycles. The molecule has 2 aromatic carbocycles. The average Bonchev–Trinajstić information content (AvgIpc) is 3.07. The predicted molar refractivity (Wildman–Crippen MR) is 116 cm³/mol. The fourth-order valence-corrected chi connectivity index (χ4v) is 3.90. The van der Waals surface area contributed by atoms with Gasteiger partial charge in [0.1, 0.15) is 0 Å². The summed E-state index contributed by atoms with van der Waals surface area (Å²) in [5, 5.41) is 12.4. The second kappa shape index (κ2) is 9.06. The minimum absolute atomic E-state index is 0.0271. The Morgan fingerprint density at radius 2 is 1.75 bits per heavy atom. The van der Waals surface area contributed by atoms with E-state index in [0.717, 1.165) is 46.2 Å². The van der Waals surface area contributed by atoms with E-state index in [-0.39, 0.29) is 5.91 Å². The van der Waals surface area contributed by atoms with Crippen molar-refractivity contribution in [3.05, 3.63) is 59.2 Å². The van der Waals surface area contributed by atoms with Gasteiger partial charge in [-0.3, -0.25) is 4.79 Å². The van der Waals surface area contributed by atoms with Crippen LogP contribution in [-0.4, -0.2) is 26.4 Å². The van der Waals surface area contributed by atoms with Crippen LogP contribution in [0.25, 0.3) is 11.4 Å². The van der Waals surface area contributed by atoms with Crippen molar-refractivity contribution in [2.45, 2.75) is 38.8 Å². The second-order valence-corrected chi connectivity index (χ2v) is 7.67. The van der Waals surface area contributed by atoms with Crippen molar-refractivity contribution in [1.82, 2.24) is 14.8 Å². The number of aryl methyl sites for hydroxylation is 3. The van der Waals surface area contributed by atoms with E-state index in [0.29, 0.717) is 5.75 Å². The predicted octanol–water partition coefficient (Wildman–Crippen LogP) is 4.65. The maximum Gasteiger partial charge on any atom is 0.234 e. The number of hydrogen-bond acceptors (Lipinski definition) is 4. The number of para-hydroxylation sites is 1. The summed E-state index contributed by atoms with van der Waals surface area (Å²) in [6.45, 7) is 6.26. The van der Waals surface area contributed by atoms with Crippen molar-refractivity contribution in [2.24, 2.45) is 7.05 Å². The van der Waals surface area contributed by atoms with E-state index in [1.165, 1.54) is 17.3 Å². The number of nitrogens with one attached hydrogen (secondary N) is 1. The van der Waals surface area contributed by atoms with Gasteiger partial charge in [-0.15, -0.1) is 10.2 Å². The van der Waals surface area contributed by atoms with Gasteiger partial charge in [-0.2, -0.15) is 0 Å². The van der Waals surface area contributed by atoms with E-state index in [9.17, 15) is 4.79 Å². The summed E-state index contributed by atoms with van der Waals surface area (Å²) >= 11 is 1.40. The first-order valence-corrected chi connectivity index (χ1v) is 10.5. The van der Waals surface area contributed by atoms with Gasteiger partial charge in [-0.05, 0) is 37.0 Å². The van der Waals surface area contributed by atoms with Crippen LogP contribution in [0.1, 0.15) is 30.5 Å². The SMILES string of the molecule is CCc1cccc(CC)c1NC(=O)CSc1nnc(-c2cccc(C)c2)n1C. The summed E-state index contributed by atoms with van der Waals surface area (Å²) in [5.74, 6) is 1.07. The van der Waals surface area contributed by atoms with E-state index in [2.05, 4.69) is 66.6 Å². The van der Waals surface area contributed by atoms with Crippen molar-refractivity contribution >= 4 is 23.4 Å². The van der Waals surface area contributed by atoms with Gasteiger partial charge in [-0.25, -0.2) is 0 Å². The molecule has 1 amide bonds. The molecule has 146 valence electrons. The monoisotopic (exact) mass is 394 g/mol. The Hall–Kier alpha value is -2.60.